The molecule has 5 heteroatoms. The Morgan fingerprint density at radius 1 is 1.35 bits per heavy atom. The molecule has 1 aliphatic rings. The number of Topliss-reactive ketones (excluding diaryl/α,β-unsaturated/α-hetero) is 1. The van der Waals surface area contributed by atoms with E-state index in [1.54, 1.807) is 12.1 Å². The Hall–Kier alpha value is -1.06. The molecule has 0 saturated heterocycles. The lowest BCUT2D eigenvalue weighted by molar-refractivity contribution is -0.114. The maximum Gasteiger partial charge on any atom is 0.299 e. The molecule has 1 unspecified atom stereocenters. The monoisotopic (exact) mass is 271 g/mol. The van der Waals surface area contributed by atoms with Crippen molar-refractivity contribution in [3.63, 3.8) is 0 Å². The number of carbonyl (C=O) groups excluding carboxylic acids is 2. The average molecular weight is 272 g/mol. The summed E-state index contributed by atoms with van der Waals surface area (Å²) in [5.74, 6) is -0.417. The van der Waals surface area contributed by atoms with E-state index in [4.69, 9.17) is 23.2 Å². The summed E-state index contributed by atoms with van der Waals surface area (Å²) in [7, 11) is 0. The maximum atomic E-state index is 11.8. The quantitative estimate of drug-likeness (QED) is 0.626. The number of hydrogen-bond donors (Lipinski definition) is 0. The van der Waals surface area contributed by atoms with Crippen LogP contribution in [0, 0.1) is 5.92 Å². The SMILES string of the molecule is CC(CCl)CN1C(=O)C(=O)c2cc(Cl)ccc21. The molecule has 0 saturated carbocycles. The van der Waals surface area contributed by atoms with Crippen LogP contribution in [0.15, 0.2) is 18.2 Å². The van der Waals surface area contributed by atoms with Gasteiger partial charge in [-0.3, -0.25) is 9.59 Å². The Bertz CT molecular complexity index is 487. The van der Waals surface area contributed by atoms with E-state index in [-0.39, 0.29) is 5.92 Å². The van der Waals surface area contributed by atoms with Crippen LogP contribution < -0.4 is 4.90 Å². The van der Waals surface area contributed by atoms with Gasteiger partial charge in [-0.15, -0.1) is 11.6 Å². The van der Waals surface area contributed by atoms with Gasteiger partial charge in [0.15, 0.2) is 0 Å². The Kier molecular flexibility index (Phi) is 3.40. The van der Waals surface area contributed by atoms with Crippen molar-refractivity contribution in [1.29, 1.82) is 0 Å². The number of anilines is 1. The lowest BCUT2D eigenvalue weighted by Crippen LogP contribution is -2.34. The highest BCUT2D eigenvalue weighted by Crippen LogP contribution is 2.31. The molecule has 17 heavy (non-hydrogen) atoms. The van der Waals surface area contributed by atoms with Crippen LogP contribution in [0.1, 0.15) is 17.3 Å². The molecule has 0 aromatic heterocycles. The normalized spacial score (nSPS) is 16.3. The topological polar surface area (TPSA) is 37.4 Å². The highest BCUT2D eigenvalue weighted by molar-refractivity contribution is 6.52. The largest absolute Gasteiger partial charge is 0.304 e. The molecule has 0 spiro atoms. The summed E-state index contributed by atoms with van der Waals surface area (Å²) >= 11 is 11.5. The van der Waals surface area contributed by atoms with Gasteiger partial charge in [0.25, 0.3) is 11.7 Å². The maximum absolute atomic E-state index is 11.8. The fraction of sp³-hybridized carbons (Fsp3) is 0.333. The van der Waals surface area contributed by atoms with Crippen molar-refractivity contribution in [2.45, 2.75) is 6.92 Å². The molecule has 0 bridgehead atoms. The second-order valence-corrected chi connectivity index (χ2v) is 4.91. The summed E-state index contributed by atoms with van der Waals surface area (Å²) in [6.45, 7) is 2.38. The molecule has 1 aromatic carbocycles. The number of rotatable bonds is 3. The molecule has 1 atom stereocenters. The number of amides is 1. The molecule has 0 radical (unpaired) electrons. The van der Waals surface area contributed by atoms with Crippen molar-refractivity contribution < 1.29 is 9.59 Å². The van der Waals surface area contributed by atoms with Gasteiger partial charge in [-0.1, -0.05) is 18.5 Å². The van der Waals surface area contributed by atoms with E-state index in [1.807, 2.05) is 6.92 Å². The molecule has 0 N–H and O–H groups in total. The lowest BCUT2D eigenvalue weighted by atomic mass is 10.1. The Morgan fingerprint density at radius 2 is 2.06 bits per heavy atom. The van der Waals surface area contributed by atoms with Crippen LogP contribution in [0.2, 0.25) is 5.02 Å². The average Bonchev–Trinajstić information content (AvgIpc) is 2.54. The van der Waals surface area contributed by atoms with Crippen LogP contribution in [0.25, 0.3) is 0 Å². The van der Waals surface area contributed by atoms with E-state index in [0.717, 1.165) is 0 Å². The Balaban J connectivity index is 2.38. The molecular formula is C12H11Cl2NO2. The number of hydrogen-bond acceptors (Lipinski definition) is 2. The number of nitrogens with zero attached hydrogens (tertiary/aromatic N) is 1. The molecule has 1 aliphatic heterocycles. The van der Waals surface area contributed by atoms with Gasteiger partial charge in [0, 0.05) is 17.4 Å². The smallest absolute Gasteiger partial charge is 0.299 e. The number of benzene rings is 1. The van der Waals surface area contributed by atoms with Crippen molar-refractivity contribution in [3.05, 3.63) is 28.8 Å². The van der Waals surface area contributed by atoms with Crippen molar-refractivity contribution in [1.82, 2.24) is 0 Å². The van der Waals surface area contributed by atoms with Crippen LogP contribution in [0.4, 0.5) is 5.69 Å². The van der Waals surface area contributed by atoms with Gasteiger partial charge in [0.2, 0.25) is 0 Å². The van der Waals surface area contributed by atoms with Crippen LogP contribution in [-0.4, -0.2) is 24.1 Å². The predicted octanol–water partition coefficient (Wildman–Crippen LogP) is 2.74. The van der Waals surface area contributed by atoms with Gasteiger partial charge < -0.3 is 4.90 Å². The molecule has 2 rings (SSSR count). The van der Waals surface area contributed by atoms with Crippen LogP contribution in [0.3, 0.4) is 0 Å². The highest BCUT2D eigenvalue weighted by atomic mass is 35.5. The third kappa shape index (κ3) is 2.17. The molecular weight excluding hydrogens is 261 g/mol. The van der Waals surface area contributed by atoms with Gasteiger partial charge in [0.1, 0.15) is 0 Å². The van der Waals surface area contributed by atoms with Crippen molar-refractivity contribution in [2.75, 3.05) is 17.3 Å². The van der Waals surface area contributed by atoms with E-state index in [2.05, 4.69) is 0 Å². The van der Waals surface area contributed by atoms with E-state index in [9.17, 15) is 9.59 Å². The zero-order valence-corrected chi connectivity index (χ0v) is 10.8. The number of carbonyl (C=O) groups is 2. The molecule has 1 aromatic rings. The first-order valence-electron chi connectivity index (χ1n) is 5.26. The number of halogens is 2. The van der Waals surface area contributed by atoms with Crippen molar-refractivity contribution in [3.8, 4) is 0 Å². The second kappa shape index (κ2) is 4.67. The summed E-state index contributed by atoms with van der Waals surface area (Å²) in [4.78, 5) is 25.0. The van der Waals surface area contributed by atoms with Crippen LogP contribution in [-0.2, 0) is 4.79 Å². The van der Waals surface area contributed by atoms with Gasteiger partial charge in [0.05, 0.1) is 11.3 Å². The lowest BCUT2D eigenvalue weighted by Gasteiger charge is -2.19. The number of fused-ring (bicyclic) bond motifs is 1. The summed E-state index contributed by atoms with van der Waals surface area (Å²) in [5.41, 5.74) is 1.01. The first kappa shape index (κ1) is 12.4. The van der Waals surface area contributed by atoms with Crippen molar-refractivity contribution >= 4 is 40.6 Å². The van der Waals surface area contributed by atoms with Crippen molar-refractivity contribution in [2.24, 2.45) is 5.92 Å². The van der Waals surface area contributed by atoms with Gasteiger partial charge in [-0.25, -0.2) is 0 Å². The molecule has 0 fully saturated rings. The van der Waals surface area contributed by atoms with E-state index in [0.29, 0.717) is 28.7 Å². The molecule has 1 amide bonds. The number of ketones is 1. The van der Waals surface area contributed by atoms with Gasteiger partial charge in [-0.2, -0.15) is 0 Å². The van der Waals surface area contributed by atoms with E-state index in [1.165, 1.54) is 11.0 Å². The summed E-state index contributed by atoms with van der Waals surface area (Å²) in [5, 5.41) is 0.456. The summed E-state index contributed by atoms with van der Waals surface area (Å²) in [6.07, 6.45) is 0. The minimum absolute atomic E-state index is 0.134. The highest BCUT2D eigenvalue weighted by Gasteiger charge is 2.36. The molecule has 90 valence electrons. The third-order valence-corrected chi connectivity index (χ3v) is 3.45. The molecule has 3 nitrogen and oxygen atoms in total. The fourth-order valence-corrected chi connectivity index (χ4v) is 2.08. The predicted molar refractivity (Wildman–Crippen MR) is 68.0 cm³/mol. The minimum Gasteiger partial charge on any atom is -0.304 e. The Labute approximate surface area is 109 Å². The third-order valence-electron chi connectivity index (χ3n) is 2.69. The second-order valence-electron chi connectivity index (χ2n) is 4.17. The minimum atomic E-state index is -0.501. The zero-order chi connectivity index (χ0) is 12.6. The van der Waals surface area contributed by atoms with E-state index >= 15 is 0 Å². The number of alkyl halides is 1. The molecule has 1 heterocycles. The first-order chi connectivity index (χ1) is 8.04. The standard InChI is InChI=1S/C12H11Cl2NO2/c1-7(5-13)6-15-10-3-2-8(14)4-9(10)11(16)12(15)17/h2-4,7H,5-6H2,1H3. The fourth-order valence-electron chi connectivity index (χ4n) is 1.81. The first-order valence-corrected chi connectivity index (χ1v) is 6.17. The molecule has 0 aliphatic carbocycles. The summed E-state index contributed by atoms with van der Waals surface area (Å²) in [6, 6.07) is 4.90. The van der Waals surface area contributed by atoms with Crippen LogP contribution >= 0.6 is 23.2 Å². The van der Waals surface area contributed by atoms with Gasteiger partial charge >= 0.3 is 0 Å². The van der Waals surface area contributed by atoms with Crippen LogP contribution in [0.5, 0.6) is 0 Å². The Morgan fingerprint density at radius 3 is 2.71 bits per heavy atom. The van der Waals surface area contributed by atoms with E-state index < -0.39 is 11.7 Å². The zero-order valence-electron chi connectivity index (χ0n) is 9.24. The van der Waals surface area contributed by atoms with Gasteiger partial charge in [-0.05, 0) is 24.1 Å². The summed E-state index contributed by atoms with van der Waals surface area (Å²) < 4.78 is 0.